The van der Waals surface area contributed by atoms with Gasteiger partial charge >= 0.3 is 0 Å². The number of amides is 1. The van der Waals surface area contributed by atoms with Gasteiger partial charge < -0.3 is 16.4 Å². The predicted molar refractivity (Wildman–Crippen MR) is 90.6 cm³/mol. The maximum atomic E-state index is 11.9. The zero-order chi connectivity index (χ0) is 13.2. The third-order valence-corrected chi connectivity index (χ3v) is 4.95. The van der Waals surface area contributed by atoms with Crippen molar-refractivity contribution >= 4 is 47.2 Å². The molecule has 2 heterocycles. The van der Waals surface area contributed by atoms with E-state index in [1.54, 1.807) is 11.3 Å². The molecule has 1 aromatic rings. The van der Waals surface area contributed by atoms with E-state index in [2.05, 4.69) is 15.6 Å². The van der Waals surface area contributed by atoms with Crippen LogP contribution >= 0.6 is 36.2 Å². The number of aromatic nitrogens is 1. The Bertz CT molecular complexity index is 477. The van der Waals surface area contributed by atoms with Crippen molar-refractivity contribution in [1.82, 2.24) is 15.6 Å². The van der Waals surface area contributed by atoms with Gasteiger partial charge in [0.1, 0.15) is 0 Å². The van der Waals surface area contributed by atoms with Crippen LogP contribution in [0.25, 0.3) is 0 Å². The molecule has 2 atom stereocenters. The number of thiazole rings is 1. The van der Waals surface area contributed by atoms with Crippen LogP contribution in [0.5, 0.6) is 0 Å². The van der Waals surface area contributed by atoms with Crippen LogP contribution < -0.4 is 16.4 Å². The molecule has 2 aliphatic rings. The summed E-state index contributed by atoms with van der Waals surface area (Å²) in [5, 5.41) is 6.98. The van der Waals surface area contributed by atoms with Crippen molar-refractivity contribution < 1.29 is 4.79 Å². The molecule has 5 nitrogen and oxygen atoms in total. The van der Waals surface area contributed by atoms with Gasteiger partial charge in [0.15, 0.2) is 5.13 Å². The first-order valence-corrected chi connectivity index (χ1v) is 7.79. The lowest BCUT2D eigenvalue weighted by Crippen LogP contribution is -2.42. The van der Waals surface area contributed by atoms with E-state index in [0.29, 0.717) is 11.0 Å². The number of anilines is 1. The van der Waals surface area contributed by atoms with E-state index in [1.807, 2.05) is 0 Å². The highest BCUT2D eigenvalue weighted by Gasteiger charge is 2.25. The monoisotopic (exact) mass is 352 g/mol. The minimum absolute atomic E-state index is 0. The smallest absolute Gasteiger partial charge is 0.237 e. The molecule has 1 saturated heterocycles. The number of rotatable bonds is 3. The molecule has 0 saturated carbocycles. The molecule has 0 radical (unpaired) electrons. The lowest BCUT2D eigenvalue weighted by atomic mass is 9.91. The van der Waals surface area contributed by atoms with Crippen LogP contribution in [0.15, 0.2) is 0 Å². The number of nitrogens with zero attached hydrogens (tertiary/aromatic N) is 1. The molecule has 120 valence electrons. The number of carbonyl (C=O) groups excluding carboxylic acids is 1. The van der Waals surface area contributed by atoms with E-state index in [4.69, 9.17) is 5.73 Å². The van der Waals surface area contributed by atoms with Gasteiger partial charge in [-0.1, -0.05) is 0 Å². The Kier molecular flexibility index (Phi) is 7.20. The molecule has 0 aromatic carbocycles. The lowest BCUT2D eigenvalue weighted by molar-refractivity contribution is -0.123. The van der Waals surface area contributed by atoms with Crippen molar-refractivity contribution in [2.45, 2.75) is 38.1 Å². The minimum atomic E-state index is 0. The topological polar surface area (TPSA) is 80.0 Å². The van der Waals surface area contributed by atoms with Crippen LogP contribution in [0.2, 0.25) is 0 Å². The Balaban J connectivity index is 0.00000110. The molecule has 0 bridgehead atoms. The standard InChI is InChI=1S/C13H20N4OS.2ClH/c14-13-17-9-4-3-8(6-11(9)19-13)7-16-12(18)10-2-1-5-15-10;;/h8,10,15H,1-7H2,(H2,14,17)(H,16,18);2*1H/t8?,10-;;/m0../s1. The average Bonchev–Trinajstić information content (AvgIpc) is 3.03. The molecular formula is C13H22Cl2N4OS. The summed E-state index contributed by atoms with van der Waals surface area (Å²) in [6, 6.07) is 0.0261. The van der Waals surface area contributed by atoms with Gasteiger partial charge in [-0.3, -0.25) is 4.79 Å². The Labute approximate surface area is 141 Å². The summed E-state index contributed by atoms with van der Waals surface area (Å²) in [6.45, 7) is 1.74. The number of fused-ring (bicyclic) bond motifs is 1. The second kappa shape index (κ2) is 8.17. The van der Waals surface area contributed by atoms with E-state index >= 15 is 0 Å². The van der Waals surface area contributed by atoms with Gasteiger partial charge in [0.05, 0.1) is 11.7 Å². The van der Waals surface area contributed by atoms with Gasteiger partial charge in [-0.2, -0.15) is 0 Å². The first-order chi connectivity index (χ1) is 9.22. The summed E-state index contributed by atoms with van der Waals surface area (Å²) < 4.78 is 0. The third kappa shape index (κ3) is 4.45. The Morgan fingerprint density at radius 3 is 2.95 bits per heavy atom. The second-order valence-corrected chi connectivity index (χ2v) is 6.54. The molecule has 1 amide bonds. The van der Waals surface area contributed by atoms with Gasteiger partial charge in [0.2, 0.25) is 5.91 Å². The lowest BCUT2D eigenvalue weighted by Gasteiger charge is -2.22. The summed E-state index contributed by atoms with van der Waals surface area (Å²) in [4.78, 5) is 17.6. The van der Waals surface area contributed by atoms with Crippen molar-refractivity contribution in [1.29, 1.82) is 0 Å². The fraction of sp³-hybridized carbons (Fsp3) is 0.692. The van der Waals surface area contributed by atoms with E-state index in [0.717, 1.165) is 45.2 Å². The van der Waals surface area contributed by atoms with Gasteiger partial charge in [-0.05, 0) is 44.6 Å². The first kappa shape index (κ1) is 18.5. The summed E-state index contributed by atoms with van der Waals surface area (Å²) in [5.74, 6) is 0.685. The highest BCUT2D eigenvalue weighted by atomic mass is 35.5. The van der Waals surface area contributed by atoms with Crippen LogP contribution in [0, 0.1) is 5.92 Å². The zero-order valence-corrected chi connectivity index (χ0v) is 14.2. The molecule has 0 spiro atoms. The number of halogens is 2. The Morgan fingerprint density at radius 2 is 2.24 bits per heavy atom. The van der Waals surface area contributed by atoms with Gasteiger partial charge in [-0.15, -0.1) is 36.2 Å². The van der Waals surface area contributed by atoms with Crippen LogP contribution in [0.4, 0.5) is 5.13 Å². The largest absolute Gasteiger partial charge is 0.375 e. The molecule has 8 heteroatoms. The Hall–Kier alpha value is -0.560. The van der Waals surface area contributed by atoms with E-state index < -0.39 is 0 Å². The molecule has 1 unspecified atom stereocenters. The zero-order valence-electron chi connectivity index (χ0n) is 11.8. The number of aryl methyl sites for hydroxylation is 1. The van der Waals surface area contributed by atoms with E-state index in [9.17, 15) is 4.79 Å². The maximum absolute atomic E-state index is 11.9. The molecule has 4 N–H and O–H groups in total. The minimum Gasteiger partial charge on any atom is -0.375 e. The van der Waals surface area contributed by atoms with Crippen molar-refractivity contribution in [2.24, 2.45) is 5.92 Å². The van der Waals surface area contributed by atoms with Gasteiger partial charge in [-0.25, -0.2) is 4.98 Å². The quantitative estimate of drug-likeness (QED) is 0.770. The van der Waals surface area contributed by atoms with Crippen LogP contribution in [-0.2, 0) is 17.6 Å². The summed E-state index contributed by atoms with van der Waals surface area (Å²) >= 11 is 1.60. The highest BCUT2D eigenvalue weighted by Crippen LogP contribution is 2.30. The van der Waals surface area contributed by atoms with Crippen molar-refractivity contribution in [3.63, 3.8) is 0 Å². The van der Waals surface area contributed by atoms with Crippen molar-refractivity contribution in [3.8, 4) is 0 Å². The number of hydrogen-bond donors (Lipinski definition) is 3. The number of nitrogen functional groups attached to an aromatic ring is 1. The molecule has 1 aromatic heterocycles. The average molecular weight is 353 g/mol. The van der Waals surface area contributed by atoms with E-state index in [1.165, 1.54) is 10.6 Å². The first-order valence-electron chi connectivity index (χ1n) is 6.97. The highest BCUT2D eigenvalue weighted by molar-refractivity contribution is 7.15. The molecule has 3 rings (SSSR count). The maximum Gasteiger partial charge on any atom is 0.237 e. The normalized spacial score (nSPS) is 23.6. The molecule has 1 aliphatic carbocycles. The summed E-state index contributed by atoms with van der Waals surface area (Å²) in [7, 11) is 0. The van der Waals surface area contributed by atoms with Crippen LogP contribution in [0.3, 0.4) is 0 Å². The summed E-state index contributed by atoms with van der Waals surface area (Å²) in [5.41, 5.74) is 6.91. The third-order valence-electron chi connectivity index (χ3n) is 4.00. The van der Waals surface area contributed by atoms with Crippen molar-refractivity contribution in [3.05, 3.63) is 10.6 Å². The molecule has 21 heavy (non-hydrogen) atoms. The number of hydrogen-bond acceptors (Lipinski definition) is 5. The van der Waals surface area contributed by atoms with Crippen molar-refractivity contribution in [2.75, 3.05) is 18.8 Å². The SMILES string of the molecule is Cl.Cl.Nc1nc2c(s1)CC(CNC(=O)[C@@H]1CCCN1)CC2. The Morgan fingerprint density at radius 1 is 1.43 bits per heavy atom. The predicted octanol–water partition coefficient (Wildman–Crippen LogP) is 1.54. The fourth-order valence-electron chi connectivity index (χ4n) is 2.91. The van der Waals surface area contributed by atoms with Gasteiger partial charge in [0, 0.05) is 11.4 Å². The number of carbonyl (C=O) groups is 1. The van der Waals surface area contributed by atoms with E-state index in [-0.39, 0.29) is 36.8 Å². The van der Waals surface area contributed by atoms with Gasteiger partial charge in [0.25, 0.3) is 0 Å². The van der Waals surface area contributed by atoms with Crippen LogP contribution in [0.1, 0.15) is 29.8 Å². The second-order valence-electron chi connectivity index (χ2n) is 5.42. The number of nitrogens with one attached hydrogen (secondary N) is 2. The van der Waals surface area contributed by atoms with Crippen LogP contribution in [-0.4, -0.2) is 30.0 Å². The molecule has 1 fully saturated rings. The number of nitrogens with two attached hydrogens (primary N) is 1. The summed E-state index contributed by atoms with van der Waals surface area (Å²) in [6.07, 6.45) is 5.15. The molecular weight excluding hydrogens is 331 g/mol. The molecule has 1 aliphatic heterocycles. The fourth-order valence-corrected chi connectivity index (χ4v) is 3.91.